The zero-order valence-corrected chi connectivity index (χ0v) is 17.3. The van der Waals surface area contributed by atoms with Crippen LogP contribution in [0.1, 0.15) is 23.8 Å². The maximum absolute atomic E-state index is 13.1. The third-order valence-corrected chi connectivity index (χ3v) is 7.26. The van der Waals surface area contributed by atoms with E-state index < -0.39 is 10.0 Å². The lowest BCUT2D eigenvalue weighted by atomic mass is 10.1. The molecule has 9 heteroatoms. The van der Waals surface area contributed by atoms with Gasteiger partial charge in [0.15, 0.2) is 11.5 Å². The summed E-state index contributed by atoms with van der Waals surface area (Å²) in [7, 11) is -3.66. The maximum atomic E-state index is 13.1. The Morgan fingerprint density at radius 2 is 1.80 bits per heavy atom. The van der Waals surface area contributed by atoms with Crippen LogP contribution in [0.15, 0.2) is 51.9 Å². The van der Waals surface area contributed by atoms with Crippen LogP contribution in [0, 0.1) is 6.92 Å². The Morgan fingerprint density at radius 3 is 2.60 bits per heavy atom. The second kappa shape index (κ2) is 7.41. The number of fused-ring (bicyclic) bond motifs is 1. The van der Waals surface area contributed by atoms with E-state index in [1.807, 2.05) is 31.2 Å². The maximum Gasteiger partial charge on any atom is 0.243 e. The molecule has 0 radical (unpaired) electrons. The van der Waals surface area contributed by atoms with Crippen LogP contribution < -0.4 is 9.47 Å². The number of nitrogens with zero attached hydrogens (tertiary/aromatic N) is 3. The Morgan fingerprint density at radius 1 is 1.03 bits per heavy atom. The largest absolute Gasteiger partial charge is 0.486 e. The first kappa shape index (κ1) is 19.1. The molecule has 2 aliphatic heterocycles. The molecule has 1 saturated heterocycles. The normalized spacial score (nSPS) is 19.2. The topological polar surface area (TPSA) is 94.8 Å². The van der Waals surface area contributed by atoms with Crippen molar-refractivity contribution >= 4 is 10.0 Å². The molecule has 0 bridgehead atoms. The Hall–Kier alpha value is -2.91. The predicted molar refractivity (Wildman–Crippen MR) is 108 cm³/mol. The Bertz CT molecular complexity index is 1170. The van der Waals surface area contributed by atoms with Crippen LogP contribution in [0.5, 0.6) is 11.5 Å². The van der Waals surface area contributed by atoms with Crippen LogP contribution in [-0.2, 0) is 10.0 Å². The van der Waals surface area contributed by atoms with Gasteiger partial charge in [0.2, 0.25) is 21.7 Å². The molecular formula is C21H21N3O5S. The van der Waals surface area contributed by atoms with Crippen molar-refractivity contribution in [2.24, 2.45) is 0 Å². The highest BCUT2D eigenvalue weighted by atomic mass is 32.2. The summed E-state index contributed by atoms with van der Waals surface area (Å²) in [4.78, 5) is 4.70. The van der Waals surface area contributed by atoms with E-state index in [0.717, 1.165) is 11.1 Å². The number of aryl methyl sites for hydroxylation is 1. The molecule has 156 valence electrons. The van der Waals surface area contributed by atoms with E-state index in [1.165, 1.54) is 10.4 Å². The van der Waals surface area contributed by atoms with E-state index >= 15 is 0 Å². The lowest BCUT2D eigenvalue weighted by Crippen LogP contribution is -2.29. The summed E-state index contributed by atoms with van der Waals surface area (Å²) in [6, 6.07) is 12.6. The molecule has 30 heavy (non-hydrogen) atoms. The van der Waals surface area contributed by atoms with Gasteiger partial charge in [-0.25, -0.2) is 8.42 Å². The van der Waals surface area contributed by atoms with Crippen LogP contribution in [0.25, 0.3) is 11.4 Å². The molecule has 0 spiro atoms. The summed E-state index contributed by atoms with van der Waals surface area (Å²) in [6.45, 7) is 3.57. The highest BCUT2D eigenvalue weighted by Gasteiger charge is 2.36. The number of benzene rings is 2. The Balaban J connectivity index is 1.34. The lowest BCUT2D eigenvalue weighted by Gasteiger charge is -2.20. The Kier molecular flexibility index (Phi) is 4.71. The third kappa shape index (κ3) is 3.44. The molecule has 1 atom stereocenters. The number of hydrogen-bond donors (Lipinski definition) is 0. The monoisotopic (exact) mass is 427 g/mol. The number of ether oxygens (including phenoxy) is 2. The van der Waals surface area contributed by atoms with Gasteiger partial charge in [-0.05, 0) is 25.5 Å². The zero-order chi connectivity index (χ0) is 20.7. The molecule has 0 amide bonds. The van der Waals surface area contributed by atoms with Gasteiger partial charge in [-0.1, -0.05) is 35.0 Å². The second-order valence-corrected chi connectivity index (χ2v) is 9.41. The van der Waals surface area contributed by atoms with Crippen molar-refractivity contribution in [3.8, 4) is 22.9 Å². The van der Waals surface area contributed by atoms with Crippen LogP contribution in [0.2, 0.25) is 0 Å². The fraction of sp³-hybridized carbons (Fsp3) is 0.333. The number of rotatable bonds is 4. The summed E-state index contributed by atoms with van der Waals surface area (Å²) in [5.74, 6) is 1.86. The summed E-state index contributed by atoms with van der Waals surface area (Å²) in [5.41, 5.74) is 2.02. The van der Waals surface area contributed by atoms with Crippen LogP contribution >= 0.6 is 0 Å². The molecule has 3 heterocycles. The van der Waals surface area contributed by atoms with E-state index in [4.69, 9.17) is 14.0 Å². The number of sulfonamides is 1. The zero-order valence-electron chi connectivity index (χ0n) is 16.4. The van der Waals surface area contributed by atoms with Crippen molar-refractivity contribution in [1.29, 1.82) is 0 Å². The Labute approximate surface area is 174 Å². The van der Waals surface area contributed by atoms with E-state index in [9.17, 15) is 8.42 Å². The lowest BCUT2D eigenvalue weighted by molar-refractivity contribution is 0.171. The molecule has 0 N–H and O–H groups in total. The molecule has 0 unspecified atom stereocenters. The van der Waals surface area contributed by atoms with Crippen molar-refractivity contribution in [1.82, 2.24) is 14.4 Å². The number of hydrogen-bond acceptors (Lipinski definition) is 7. The van der Waals surface area contributed by atoms with Gasteiger partial charge in [-0.2, -0.15) is 9.29 Å². The minimum atomic E-state index is -3.66. The summed E-state index contributed by atoms with van der Waals surface area (Å²) < 4.78 is 44.1. The quantitative estimate of drug-likeness (QED) is 0.632. The minimum Gasteiger partial charge on any atom is -0.486 e. The van der Waals surface area contributed by atoms with Crippen LogP contribution in [0.3, 0.4) is 0 Å². The van der Waals surface area contributed by atoms with Gasteiger partial charge < -0.3 is 14.0 Å². The van der Waals surface area contributed by atoms with Gasteiger partial charge >= 0.3 is 0 Å². The highest BCUT2D eigenvalue weighted by molar-refractivity contribution is 7.89. The molecule has 0 aliphatic carbocycles. The van der Waals surface area contributed by atoms with Crippen molar-refractivity contribution in [2.45, 2.75) is 24.2 Å². The molecule has 3 aromatic rings. The SMILES string of the molecule is Cc1ccc(-c2noc([C@H]3CCN(S(=O)(=O)c4ccc5c(c4)OCCO5)C3)n2)cc1. The van der Waals surface area contributed by atoms with E-state index in [0.29, 0.717) is 55.9 Å². The summed E-state index contributed by atoms with van der Waals surface area (Å²) in [5, 5.41) is 4.07. The standard InChI is InChI=1S/C21H21N3O5S/c1-14-2-4-15(5-3-14)20-22-21(29-23-20)16-8-9-24(13-16)30(25,26)17-6-7-18-19(12-17)28-11-10-27-18/h2-7,12,16H,8-11,13H2,1H3/t16-/m0/s1. The van der Waals surface area contributed by atoms with Crippen LogP contribution in [0.4, 0.5) is 0 Å². The van der Waals surface area contributed by atoms with Gasteiger partial charge in [0.1, 0.15) is 13.2 Å². The van der Waals surface area contributed by atoms with E-state index in [1.54, 1.807) is 12.1 Å². The average Bonchev–Trinajstić information content (AvgIpc) is 3.44. The van der Waals surface area contributed by atoms with Gasteiger partial charge in [-0.3, -0.25) is 0 Å². The smallest absolute Gasteiger partial charge is 0.243 e. The first-order valence-corrected chi connectivity index (χ1v) is 11.3. The molecule has 5 rings (SSSR count). The van der Waals surface area contributed by atoms with Crippen molar-refractivity contribution in [3.05, 3.63) is 53.9 Å². The average molecular weight is 427 g/mol. The molecule has 1 fully saturated rings. The number of aromatic nitrogens is 2. The first-order chi connectivity index (χ1) is 14.5. The van der Waals surface area contributed by atoms with E-state index in [-0.39, 0.29) is 10.8 Å². The molecule has 0 saturated carbocycles. The molecule has 1 aromatic heterocycles. The van der Waals surface area contributed by atoms with E-state index in [2.05, 4.69) is 10.1 Å². The van der Waals surface area contributed by atoms with Gasteiger partial charge in [0.25, 0.3) is 0 Å². The van der Waals surface area contributed by atoms with Crippen molar-refractivity contribution in [3.63, 3.8) is 0 Å². The van der Waals surface area contributed by atoms with Crippen LogP contribution in [-0.4, -0.2) is 49.2 Å². The van der Waals surface area contributed by atoms with Gasteiger partial charge in [-0.15, -0.1) is 0 Å². The van der Waals surface area contributed by atoms with Crippen molar-refractivity contribution < 1.29 is 22.4 Å². The molecule has 2 aromatic carbocycles. The second-order valence-electron chi connectivity index (χ2n) is 7.48. The minimum absolute atomic E-state index is 0.135. The molecule has 2 aliphatic rings. The van der Waals surface area contributed by atoms with Crippen molar-refractivity contribution in [2.75, 3.05) is 26.3 Å². The fourth-order valence-corrected chi connectivity index (χ4v) is 5.22. The molecule has 8 nitrogen and oxygen atoms in total. The summed E-state index contributed by atoms with van der Waals surface area (Å²) >= 11 is 0. The van der Waals surface area contributed by atoms with Gasteiger partial charge in [0.05, 0.1) is 10.8 Å². The highest BCUT2D eigenvalue weighted by Crippen LogP contribution is 2.36. The third-order valence-electron chi connectivity index (χ3n) is 5.40. The van der Waals surface area contributed by atoms with Gasteiger partial charge in [0, 0.05) is 24.7 Å². The fourth-order valence-electron chi connectivity index (χ4n) is 3.70. The molecular weight excluding hydrogens is 406 g/mol. The predicted octanol–water partition coefficient (Wildman–Crippen LogP) is 2.99. The first-order valence-electron chi connectivity index (χ1n) is 9.81. The summed E-state index contributed by atoms with van der Waals surface area (Å²) in [6.07, 6.45) is 0.624.